The molecule has 3 atom stereocenters. The van der Waals surface area contributed by atoms with Crippen molar-refractivity contribution in [1.29, 1.82) is 0 Å². The lowest BCUT2D eigenvalue weighted by atomic mass is 9.85. The number of pyridine rings is 1. The number of benzene rings is 1. The van der Waals surface area contributed by atoms with E-state index in [-0.39, 0.29) is 23.8 Å². The van der Waals surface area contributed by atoms with Gasteiger partial charge in [0.2, 0.25) is 11.8 Å². The molecule has 1 aromatic heterocycles. The summed E-state index contributed by atoms with van der Waals surface area (Å²) in [5.41, 5.74) is 4.30. The first-order chi connectivity index (χ1) is 14.4. The molecule has 158 valence electrons. The van der Waals surface area contributed by atoms with Crippen LogP contribution in [0.2, 0.25) is 5.02 Å². The van der Waals surface area contributed by atoms with Crippen LogP contribution in [-0.4, -0.2) is 28.9 Å². The summed E-state index contributed by atoms with van der Waals surface area (Å²) in [6.07, 6.45) is 5.83. The van der Waals surface area contributed by atoms with Gasteiger partial charge in [-0.3, -0.25) is 9.59 Å². The van der Waals surface area contributed by atoms with Gasteiger partial charge in [-0.15, -0.1) is 0 Å². The Morgan fingerprint density at radius 3 is 2.87 bits per heavy atom. The third-order valence-electron chi connectivity index (χ3n) is 5.94. The molecule has 1 aliphatic carbocycles. The summed E-state index contributed by atoms with van der Waals surface area (Å²) in [5.74, 6) is 0.254. The van der Waals surface area contributed by atoms with Gasteiger partial charge in [0, 0.05) is 42.4 Å². The number of rotatable bonds is 4. The van der Waals surface area contributed by atoms with Crippen LogP contribution < -0.4 is 16.0 Å². The summed E-state index contributed by atoms with van der Waals surface area (Å²) in [6, 6.07) is 8.44. The second-order valence-electron chi connectivity index (χ2n) is 8.38. The number of hydrogen-bond donors (Lipinski definition) is 3. The average Bonchev–Trinajstić information content (AvgIpc) is 3.09. The number of aromatic nitrogens is 1. The van der Waals surface area contributed by atoms with Gasteiger partial charge in [-0.05, 0) is 55.9 Å². The smallest absolute Gasteiger partial charge is 0.228 e. The van der Waals surface area contributed by atoms with Crippen molar-refractivity contribution in [1.82, 2.24) is 10.3 Å². The molecule has 3 N–H and O–H groups in total. The number of nitrogens with zero attached hydrogens (tertiary/aromatic N) is 1. The van der Waals surface area contributed by atoms with Crippen LogP contribution in [0.15, 0.2) is 30.5 Å². The zero-order valence-corrected chi connectivity index (χ0v) is 18.1. The highest BCUT2D eigenvalue weighted by Crippen LogP contribution is 2.38. The van der Waals surface area contributed by atoms with Crippen LogP contribution in [0, 0.1) is 5.92 Å². The van der Waals surface area contributed by atoms with Crippen molar-refractivity contribution in [3.63, 3.8) is 0 Å². The molecule has 1 fully saturated rings. The molecule has 6 nitrogen and oxygen atoms in total. The van der Waals surface area contributed by atoms with Crippen molar-refractivity contribution >= 4 is 34.9 Å². The Labute approximate surface area is 181 Å². The predicted octanol–water partition coefficient (Wildman–Crippen LogP) is 4.39. The van der Waals surface area contributed by atoms with Gasteiger partial charge in [-0.1, -0.05) is 30.2 Å². The fourth-order valence-electron chi connectivity index (χ4n) is 4.61. The van der Waals surface area contributed by atoms with Crippen molar-refractivity contribution in [3.8, 4) is 11.1 Å². The monoisotopic (exact) mass is 426 g/mol. The fraction of sp³-hybridized carbons (Fsp3) is 0.435. The molecule has 0 saturated heterocycles. The van der Waals surface area contributed by atoms with Crippen LogP contribution >= 0.6 is 11.6 Å². The first kappa shape index (κ1) is 20.7. The summed E-state index contributed by atoms with van der Waals surface area (Å²) in [7, 11) is 0. The number of nitrogens with one attached hydrogen (secondary N) is 3. The standard InChI is InChI=1S/C23H27ClN4O2/c1-13-9-19-17(7-4-8-21(19)26-13)18-11-22(25-12-20(18)24)28-23(30)15-5-3-6-16(10-15)27-14(2)29/h4,7-8,11-13,15-16,26H,3,5-6,9-10H2,1-2H3,(H,27,29)(H,25,28,30)/t13?,15-,16+/m0/s1. The van der Waals surface area contributed by atoms with Crippen LogP contribution in [0.4, 0.5) is 11.5 Å². The van der Waals surface area contributed by atoms with Crippen molar-refractivity contribution < 1.29 is 9.59 Å². The highest BCUT2D eigenvalue weighted by molar-refractivity contribution is 6.33. The molecule has 0 radical (unpaired) electrons. The summed E-state index contributed by atoms with van der Waals surface area (Å²) < 4.78 is 0. The molecule has 0 spiro atoms. The number of carbonyl (C=O) groups excluding carboxylic acids is 2. The van der Waals surface area contributed by atoms with E-state index in [1.54, 1.807) is 6.20 Å². The molecule has 1 aromatic carbocycles. The molecule has 4 rings (SSSR count). The van der Waals surface area contributed by atoms with E-state index in [0.29, 0.717) is 23.3 Å². The van der Waals surface area contributed by atoms with Gasteiger partial charge in [0.15, 0.2) is 0 Å². The first-order valence-corrected chi connectivity index (χ1v) is 10.9. The summed E-state index contributed by atoms with van der Waals surface area (Å²) in [4.78, 5) is 28.5. The largest absolute Gasteiger partial charge is 0.382 e. The van der Waals surface area contributed by atoms with E-state index in [2.05, 4.69) is 40.0 Å². The molecule has 1 aliphatic heterocycles. The Morgan fingerprint density at radius 2 is 2.07 bits per heavy atom. The molecule has 2 aliphatic rings. The van der Waals surface area contributed by atoms with Gasteiger partial charge in [-0.25, -0.2) is 4.98 Å². The molecule has 1 saturated carbocycles. The number of anilines is 2. The van der Waals surface area contributed by atoms with E-state index >= 15 is 0 Å². The molecule has 30 heavy (non-hydrogen) atoms. The van der Waals surface area contributed by atoms with Gasteiger partial charge in [0.05, 0.1) is 5.02 Å². The third-order valence-corrected chi connectivity index (χ3v) is 6.24. The van der Waals surface area contributed by atoms with Gasteiger partial charge in [0.25, 0.3) is 0 Å². The third kappa shape index (κ3) is 4.43. The second kappa shape index (κ2) is 8.64. The molecule has 7 heteroatoms. The topological polar surface area (TPSA) is 83.1 Å². The number of fused-ring (bicyclic) bond motifs is 1. The lowest BCUT2D eigenvalue weighted by molar-refractivity contribution is -0.123. The molecule has 2 amide bonds. The van der Waals surface area contributed by atoms with E-state index in [1.807, 2.05) is 12.1 Å². The minimum absolute atomic E-state index is 0.0516. The maximum absolute atomic E-state index is 12.9. The maximum atomic E-state index is 12.9. The second-order valence-corrected chi connectivity index (χ2v) is 8.79. The fourth-order valence-corrected chi connectivity index (χ4v) is 4.81. The first-order valence-electron chi connectivity index (χ1n) is 10.5. The van der Waals surface area contributed by atoms with E-state index < -0.39 is 0 Å². The summed E-state index contributed by atoms with van der Waals surface area (Å²) >= 11 is 6.49. The number of halogens is 1. The molecule has 0 bridgehead atoms. The van der Waals surface area contributed by atoms with Gasteiger partial charge in [-0.2, -0.15) is 0 Å². The Hall–Kier alpha value is -2.60. The number of carbonyl (C=O) groups is 2. The van der Waals surface area contributed by atoms with E-state index in [0.717, 1.165) is 42.5 Å². The van der Waals surface area contributed by atoms with Crippen LogP contribution in [0.3, 0.4) is 0 Å². The molecular weight excluding hydrogens is 400 g/mol. The summed E-state index contributed by atoms with van der Waals surface area (Å²) in [5, 5.41) is 9.94. The lowest BCUT2D eigenvalue weighted by Crippen LogP contribution is -2.40. The highest BCUT2D eigenvalue weighted by atomic mass is 35.5. The molecule has 2 heterocycles. The minimum atomic E-state index is -0.137. The van der Waals surface area contributed by atoms with Crippen molar-refractivity contribution in [3.05, 3.63) is 41.0 Å². The van der Waals surface area contributed by atoms with E-state index in [9.17, 15) is 9.59 Å². The lowest BCUT2D eigenvalue weighted by Gasteiger charge is -2.28. The highest BCUT2D eigenvalue weighted by Gasteiger charge is 2.28. The Balaban J connectivity index is 1.53. The number of amides is 2. The quantitative estimate of drug-likeness (QED) is 0.677. The van der Waals surface area contributed by atoms with Crippen LogP contribution in [0.1, 0.15) is 45.1 Å². The zero-order chi connectivity index (χ0) is 21.3. The normalized spacial score (nSPS) is 22.7. The average molecular weight is 427 g/mol. The zero-order valence-electron chi connectivity index (χ0n) is 17.3. The van der Waals surface area contributed by atoms with Crippen molar-refractivity contribution in [2.45, 2.75) is 58.0 Å². The summed E-state index contributed by atoms with van der Waals surface area (Å²) in [6.45, 7) is 3.67. The van der Waals surface area contributed by atoms with Crippen LogP contribution in [0.5, 0.6) is 0 Å². The van der Waals surface area contributed by atoms with Crippen molar-refractivity contribution in [2.24, 2.45) is 5.92 Å². The Kier molecular flexibility index (Phi) is 5.95. The molecule has 1 unspecified atom stereocenters. The van der Waals surface area contributed by atoms with Gasteiger partial charge >= 0.3 is 0 Å². The maximum Gasteiger partial charge on any atom is 0.228 e. The van der Waals surface area contributed by atoms with Crippen molar-refractivity contribution in [2.75, 3.05) is 10.6 Å². The van der Waals surface area contributed by atoms with Gasteiger partial charge in [0.1, 0.15) is 5.82 Å². The van der Waals surface area contributed by atoms with E-state index in [1.165, 1.54) is 12.5 Å². The predicted molar refractivity (Wildman–Crippen MR) is 120 cm³/mol. The van der Waals surface area contributed by atoms with E-state index in [4.69, 9.17) is 11.6 Å². The SMILES string of the molecule is CC(=O)N[C@@H]1CCC[C@H](C(=O)Nc2cc(-c3cccc4c3CC(C)N4)c(Cl)cn2)C1. The Morgan fingerprint density at radius 1 is 1.23 bits per heavy atom. The minimum Gasteiger partial charge on any atom is -0.382 e. The van der Waals surface area contributed by atoms with Crippen LogP contribution in [0.25, 0.3) is 11.1 Å². The molecule has 2 aromatic rings. The van der Waals surface area contributed by atoms with Crippen LogP contribution in [-0.2, 0) is 16.0 Å². The Bertz CT molecular complexity index is 978. The molecular formula is C23H27ClN4O2. The van der Waals surface area contributed by atoms with Gasteiger partial charge < -0.3 is 16.0 Å². The number of hydrogen-bond acceptors (Lipinski definition) is 4.